The van der Waals surface area contributed by atoms with E-state index >= 15 is 0 Å². The van der Waals surface area contributed by atoms with Crippen LogP contribution in [0.1, 0.15) is 0 Å². The second kappa shape index (κ2) is 6.33. The molecule has 106 valence electrons. The fraction of sp³-hybridized carbons (Fsp3) is 0.500. The van der Waals surface area contributed by atoms with Crippen LogP contribution in [-0.2, 0) is 4.74 Å². The number of halogens is 1. The van der Waals surface area contributed by atoms with Crippen molar-refractivity contribution in [3.05, 3.63) is 27.8 Å². The molecule has 5 atom stereocenters. The van der Waals surface area contributed by atoms with Gasteiger partial charge in [0, 0.05) is 9.26 Å². The van der Waals surface area contributed by atoms with Gasteiger partial charge in [0.1, 0.15) is 24.4 Å². The third-order valence-electron chi connectivity index (χ3n) is 3.05. The van der Waals surface area contributed by atoms with Gasteiger partial charge in [-0.05, 0) is 46.9 Å². The normalized spacial score (nSPS) is 35.1. The molecule has 0 radical (unpaired) electrons. The van der Waals surface area contributed by atoms with Crippen molar-refractivity contribution in [1.82, 2.24) is 0 Å². The Bertz CT molecular complexity index is 413. The molecule has 0 saturated carbocycles. The molecule has 7 heteroatoms. The van der Waals surface area contributed by atoms with E-state index < -0.39 is 37.3 Å². The van der Waals surface area contributed by atoms with Crippen LogP contribution in [0, 0.1) is 3.57 Å². The Hall–Kier alpha value is -0.450. The van der Waals surface area contributed by atoms with Gasteiger partial charge in [-0.2, -0.15) is 0 Å². The van der Waals surface area contributed by atoms with Crippen molar-refractivity contribution in [3.63, 3.8) is 0 Å². The average Bonchev–Trinajstić information content (AvgIpc) is 2.42. The summed E-state index contributed by atoms with van der Waals surface area (Å²) in [6, 6.07) is 7.38. The summed E-state index contributed by atoms with van der Waals surface area (Å²) in [6.07, 6.45) is -5.78. The number of anilines is 1. The van der Waals surface area contributed by atoms with E-state index in [-0.39, 0.29) is 0 Å². The minimum atomic E-state index is -1.37. The minimum Gasteiger partial charge on any atom is -0.394 e. The van der Waals surface area contributed by atoms with E-state index in [4.69, 9.17) is 9.84 Å². The van der Waals surface area contributed by atoms with E-state index in [1.54, 1.807) is 0 Å². The number of hydrogen-bond donors (Lipinski definition) is 5. The zero-order valence-corrected chi connectivity index (χ0v) is 12.1. The lowest BCUT2D eigenvalue weighted by Gasteiger charge is -2.40. The SMILES string of the molecule is OC[C@H]1OC(Nc2ccc(I)cc2)[C@H](O)[C@@H](O)[C@@H]1O. The number of rotatable bonds is 3. The van der Waals surface area contributed by atoms with Crippen LogP contribution < -0.4 is 5.32 Å². The number of aliphatic hydroxyl groups excluding tert-OH is 4. The first-order valence-electron chi connectivity index (χ1n) is 5.85. The highest BCUT2D eigenvalue weighted by Gasteiger charge is 2.43. The van der Waals surface area contributed by atoms with Crippen molar-refractivity contribution in [2.45, 2.75) is 30.6 Å². The van der Waals surface area contributed by atoms with Crippen molar-refractivity contribution < 1.29 is 25.2 Å². The lowest BCUT2D eigenvalue weighted by atomic mass is 9.98. The third-order valence-corrected chi connectivity index (χ3v) is 3.76. The minimum absolute atomic E-state index is 0.435. The maximum atomic E-state index is 9.86. The number of hydrogen-bond acceptors (Lipinski definition) is 6. The lowest BCUT2D eigenvalue weighted by Crippen LogP contribution is -2.60. The topological polar surface area (TPSA) is 102 Å². The van der Waals surface area contributed by atoms with Crippen LogP contribution in [0.4, 0.5) is 5.69 Å². The van der Waals surface area contributed by atoms with Gasteiger partial charge in [-0.25, -0.2) is 0 Å². The van der Waals surface area contributed by atoms with E-state index in [0.29, 0.717) is 5.69 Å². The fourth-order valence-corrected chi connectivity index (χ4v) is 2.29. The summed E-state index contributed by atoms with van der Waals surface area (Å²) < 4.78 is 6.41. The summed E-state index contributed by atoms with van der Waals surface area (Å²) in [5, 5.41) is 41.2. The maximum absolute atomic E-state index is 9.86. The third kappa shape index (κ3) is 3.36. The van der Waals surface area contributed by atoms with Gasteiger partial charge in [0.2, 0.25) is 0 Å². The van der Waals surface area contributed by atoms with Crippen LogP contribution in [-0.4, -0.2) is 57.7 Å². The molecule has 6 nitrogen and oxygen atoms in total. The zero-order chi connectivity index (χ0) is 14.0. The molecule has 5 N–H and O–H groups in total. The molecule has 1 heterocycles. The second-order valence-electron chi connectivity index (χ2n) is 4.40. The molecule has 0 bridgehead atoms. The van der Waals surface area contributed by atoms with Crippen LogP contribution in [0.15, 0.2) is 24.3 Å². The summed E-state index contributed by atoms with van der Waals surface area (Å²) in [6.45, 7) is -0.435. The smallest absolute Gasteiger partial charge is 0.157 e. The van der Waals surface area contributed by atoms with Gasteiger partial charge in [0.15, 0.2) is 6.23 Å². The standard InChI is InChI=1S/C12H16INO5/c13-6-1-3-7(4-2-6)14-12-11(18)10(17)9(16)8(5-15)19-12/h1-4,8-12,14-18H,5H2/t8-,9-,10+,11-,12?/m1/s1. The predicted octanol–water partition coefficient (Wildman–Crippen LogP) is -0.497. The van der Waals surface area contributed by atoms with Gasteiger partial charge in [0.25, 0.3) is 0 Å². The van der Waals surface area contributed by atoms with Gasteiger partial charge < -0.3 is 30.5 Å². The van der Waals surface area contributed by atoms with Crippen LogP contribution in [0.5, 0.6) is 0 Å². The number of aliphatic hydroxyl groups is 4. The molecule has 0 amide bonds. The van der Waals surface area contributed by atoms with E-state index in [1.807, 2.05) is 24.3 Å². The first-order valence-corrected chi connectivity index (χ1v) is 6.93. The Morgan fingerprint density at radius 1 is 1.05 bits per heavy atom. The molecule has 1 aromatic rings. The molecule has 1 aliphatic heterocycles. The van der Waals surface area contributed by atoms with Crippen molar-refractivity contribution in [2.24, 2.45) is 0 Å². The Morgan fingerprint density at radius 2 is 1.68 bits per heavy atom. The van der Waals surface area contributed by atoms with E-state index in [1.165, 1.54) is 0 Å². The monoisotopic (exact) mass is 381 g/mol. The molecule has 0 spiro atoms. The van der Waals surface area contributed by atoms with Crippen LogP contribution in [0.3, 0.4) is 0 Å². The molecular formula is C12H16INO5. The molecule has 0 aliphatic carbocycles. The van der Waals surface area contributed by atoms with Crippen molar-refractivity contribution in [3.8, 4) is 0 Å². The maximum Gasteiger partial charge on any atom is 0.157 e. The van der Waals surface area contributed by atoms with Crippen LogP contribution in [0.2, 0.25) is 0 Å². The van der Waals surface area contributed by atoms with Gasteiger partial charge >= 0.3 is 0 Å². The van der Waals surface area contributed by atoms with Crippen LogP contribution in [0.25, 0.3) is 0 Å². The fourth-order valence-electron chi connectivity index (χ4n) is 1.93. The van der Waals surface area contributed by atoms with E-state index in [2.05, 4.69) is 27.9 Å². The molecular weight excluding hydrogens is 365 g/mol. The number of nitrogens with one attached hydrogen (secondary N) is 1. The van der Waals surface area contributed by atoms with Gasteiger partial charge in [-0.15, -0.1) is 0 Å². The summed E-state index contributed by atoms with van der Waals surface area (Å²) in [5.74, 6) is 0. The molecule has 0 aromatic heterocycles. The highest BCUT2D eigenvalue weighted by molar-refractivity contribution is 14.1. The zero-order valence-electron chi connectivity index (χ0n) is 9.98. The molecule has 1 aliphatic rings. The first-order chi connectivity index (χ1) is 9.02. The van der Waals surface area contributed by atoms with Gasteiger partial charge in [0.05, 0.1) is 6.61 Å². The highest BCUT2D eigenvalue weighted by Crippen LogP contribution is 2.23. The van der Waals surface area contributed by atoms with Gasteiger partial charge in [-0.3, -0.25) is 0 Å². The van der Waals surface area contributed by atoms with Crippen molar-refractivity contribution in [2.75, 3.05) is 11.9 Å². The Balaban J connectivity index is 2.08. The molecule has 1 fully saturated rings. The lowest BCUT2D eigenvalue weighted by molar-refractivity contribution is -0.221. The summed E-state index contributed by atoms with van der Waals surface area (Å²) in [4.78, 5) is 0. The molecule has 2 rings (SSSR count). The van der Waals surface area contributed by atoms with E-state index in [0.717, 1.165) is 3.57 Å². The Kier molecular flexibility index (Phi) is 4.98. The van der Waals surface area contributed by atoms with E-state index in [9.17, 15) is 15.3 Å². The predicted molar refractivity (Wildman–Crippen MR) is 76.5 cm³/mol. The largest absolute Gasteiger partial charge is 0.394 e. The Labute approximate surface area is 124 Å². The summed E-state index contributed by atoms with van der Waals surface area (Å²) >= 11 is 2.17. The average molecular weight is 381 g/mol. The highest BCUT2D eigenvalue weighted by atomic mass is 127. The summed E-state index contributed by atoms with van der Waals surface area (Å²) in [7, 11) is 0. The Morgan fingerprint density at radius 3 is 2.26 bits per heavy atom. The first kappa shape index (κ1) is 14.9. The number of ether oxygens (including phenoxy) is 1. The van der Waals surface area contributed by atoms with Crippen LogP contribution >= 0.6 is 22.6 Å². The quantitative estimate of drug-likeness (QED) is 0.453. The summed E-state index contributed by atoms with van der Waals surface area (Å²) in [5.41, 5.74) is 0.713. The molecule has 1 saturated heterocycles. The van der Waals surface area contributed by atoms with Gasteiger partial charge in [-0.1, -0.05) is 0 Å². The molecule has 19 heavy (non-hydrogen) atoms. The van der Waals surface area contributed by atoms with Crippen molar-refractivity contribution >= 4 is 28.3 Å². The second-order valence-corrected chi connectivity index (χ2v) is 5.65. The molecule has 1 unspecified atom stereocenters. The van der Waals surface area contributed by atoms with Crippen molar-refractivity contribution in [1.29, 1.82) is 0 Å². The number of benzene rings is 1. The molecule has 1 aromatic carbocycles.